The first kappa shape index (κ1) is 15.5. The Hall–Kier alpha value is 0.160. The molecule has 0 aromatic carbocycles. The van der Waals surface area contributed by atoms with Gasteiger partial charge in [-0.15, -0.1) is 11.6 Å². The zero-order valence-corrected chi connectivity index (χ0v) is 13.3. The molecule has 0 bridgehead atoms. The first-order valence-electron chi connectivity index (χ1n) is 7.39. The Bertz CT molecular complexity index is 376. The Kier molecular flexibility index (Phi) is 5.52. The van der Waals surface area contributed by atoms with Crippen molar-refractivity contribution < 1.29 is 8.42 Å². The molecule has 4 nitrogen and oxygen atoms in total. The highest BCUT2D eigenvalue weighted by Gasteiger charge is 2.35. The number of hydrogen-bond donors (Lipinski definition) is 0. The zero-order valence-electron chi connectivity index (χ0n) is 11.7. The summed E-state index contributed by atoms with van der Waals surface area (Å²) in [6.45, 7) is 4.66. The third-order valence-corrected chi connectivity index (χ3v) is 6.51. The summed E-state index contributed by atoms with van der Waals surface area (Å²) in [6.07, 6.45) is 5.04. The molecular weight excluding hydrogens is 284 g/mol. The quantitative estimate of drug-likeness (QED) is 0.677. The van der Waals surface area contributed by atoms with Gasteiger partial charge in [0, 0.05) is 32.1 Å². The van der Waals surface area contributed by atoms with E-state index >= 15 is 0 Å². The standard InChI is InChI=1S/C13H25ClN2O2S/c1-2-7-16(11-13-3-4-13)19(17,18)15-8-5-12(10-14)6-9-15/h12-13H,2-11H2,1H3. The fraction of sp³-hybridized carbons (Fsp3) is 1.00. The number of piperidine rings is 1. The average molecular weight is 309 g/mol. The molecule has 19 heavy (non-hydrogen) atoms. The van der Waals surface area contributed by atoms with Gasteiger partial charge in [-0.2, -0.15) is 17.0 Å². The number of hydrogen-bond acceptors (Lipinski definition) is 2. The van der Waals surface area contributed by atoms with Gasteiger partial charge in [0.1, 0.15) is 0 Å². The van der Waals surface area contributed by atoms with Gasteiger partial charge in [-0.1, -0.05) is 6.92 Å². The van der Waals surface area contributed by atoms with Crippen LogP contribution in [0.5, 0.6) is 0 Å². The van der Waals surface area contributed by atoms with Crippen LogP contribution in [0.2, 0.25) is 0 Å². The minimum Gasteiger partial charge on any atom is -0.195 e. The molecule has 0 aromatic rings. The van der Waals surface area contributed by atoms with Crippen LogP contribution in [0.15, 0.2) is 0 Å². The largest absolute Gasteiger partial charge is 0.281 e. The van der Waals surface area contributed by atoms with E-state index in [1.807, 2.05) is 6.92 Å². The summed E-state index contributed by atoms with van der Waals surface area (Å²) in [5.74, 6) is 1.73. The first-order valence-corrected chi connectivity index (χ1v) is 9.32. The maximum absolute atomic E-state index is 12.7. The number of rotatable bonds is 7. The van der Waals surface area contributed by atoms with Gasteiger partial charge in [0.15, 0.2) is 0 Å². The van der Waals surface area contributed by atoms with E-state index in [0.29, 0.717) is 43.9 Å². The first-order chi connectivity index (χ1) is 9.07. The zero-order chi connectivity index (χ0) is 13.9. The minimum absolute atomic E-state index is 0.483. The summed E-state index contributed by atoms with van der Waals surface area (Å²) in [5, 5.41) is 0. The van der Waals surface area contributed by atoms with E-state index in [1.54, 1.807) is 8.61 Å². The van der Waals surface area contributed by atoms with E-state index in [0.717, 1.165) is 19.3 Å². The molecule has 0 N–H and O–H groups in total. The van der Waals surface area contributed by atoms with E-state index < -0.39 is 10.2 Å². The lowest BCUT2D eigenvalue weighted by atomic mass is 10.0. The molecule has 0 amide bonds. The van der Waals surface area contributed by atoms with Crippen LogP contribution in [0.1, 0.15) is 39.0 Å². The second-order valence-electron chi connectivity index (χ2n) is 5.81. The second kappa shape index (κ2) is 6.74. The van der Waals surface area contributed by atoms with Crippen molar-refractivity contribution in [3.05, 3.63) is 0 Å². The van der Waals surface area contributed by atoms with Crippen LogP contribution in [-0.2, 0) is 10.2 Å². The Labute approximate surface area is 122 Å². The van der Waals surface area contributed by atoms with Crippen LogP contribution in [0.25, 0.3) is 0 Å². The topological polar surface area (TPSA) is 40.6 Å². The van der Waals surface area contributed by atoms with Crippen LogP contribution in [0.4, 0.5) is 0 Å². The fourth-order valence-electron chi connectivity index (χ4n) is 2.60. The maximum Gasteiger partial charge on any atom is 0.281 e. The molecule has 1 aliphatic carbocycles. The summed E-state index contributed by atoms with van der Waals surface area (Å²) < 4.78 is 28.7. The molecule has 0 spiro atoms. The van der Waals surface area contributed by atoms with Gasteiger partial charge < -0.3 is 0 Å². The van der Waals surface area contributed by atoms with Crippen LogP contribution < -0.4 is 0 Å². The fourth-order valence-corrected chi connectivity index (χ4v) is 4.72. The molecule has 2 fully saturated rings. The van der Waals surface area contributed by atoms with Crippen molar-refractivity contribution in [2.75, 3.05) is 32.1 Å². The molecule has 1 heterocycles. The number of nitrogens with zero attached hydrogens (tertiary/aromatic N) is 2. The average Bonchev–Trinajstić information content (AvgIpc) is 3.22. The molecule has 112 valence electrons. The molecule has 0 atom stereocenters. The predicted octanol–water partition coefficient (Wildman–Crippen LogP) is 2.30. The molecule has 6 heteroatoms. The Morgan fingerprint density at radius 1 is 1.16 bits per heavy atom. The van der Waals surface area contributed by atoms with Crippen molar-refractivity contribution in [2.24, 2.45) is 11.8 Å². The van der Waals surface area contributed by atoms with E-state index in [9.17, 15) is 8.42 Å². The molecule has 2 aliphatic rings. The normalized spacial score (nSPS) is 23.1. The lowest BCUT2D eigenvalue weighted by Gasteiger charge is -2.34. The third-order valence-electron chi connectivity index (χ3n) is 4.08. The third kappa shape index (κ3) is 4.06. The van der Waals surface area contributed by atoms with Crippen molar-refractivity contribution in [3.8, 4) is 0 Å². The van der Waals surface area contributed by atoms with Crippen molar-refractivity contribution in [1.82, 2.24) is 8.61 Å². The highest BCUT2D eigenvalue weighted by molar-refractivity contribution is 7.86. The van der Waals surface area contributed by atoms with Gasteiger partial charge in [-0.25, -0.2) is 0 Å². The highest BCUT2D eigenvalue weighted by Crippen LogP contribution is 2.31. The van der Waals surface area contributed by atoms with Crippen LogP contribution >= 0.6 is 11.6 Å². The van der Waals surface area contributed by atoms with Crippen LogP contribution in [0.3, 0.4) is 0 Å². The van der Waals surface area contributed by atoms with Crippen molar-refractivity contribution >= 4 is 21.8 Å². The van der Waals surface area contributed by atoms with Gasteiger partial charge >= 0.3 is 0 Å². The molecular formula is C13H25ClN2O2S. The lowest BCUT2D eigenvalue weighted by Crippen LogP contribution is -2.48. The van der Waals surface area contributed by atoms with Crippen molar-refractivity contribution in [2.45, 2.75) is 39.0 Å². The minimum atomic E-state index is -3.25. The van der Waals surface area contributed by atoms with E-state index in [1.165, 1.54) is 12.8 Å². The summed E-state index contributed by atoms with van der Waals surface area (Å²) in [6, 6.07) is 0. The van der Waals surface area contributed by atoms with E-state index in [-0.39, 0.29) is 0 Å². The van der Waals surface area contributed by atoms with Gasteiger partial charge in [0.05, 0.1) is 0 Å². The van der Waals surface area contributed by atoms with Crippen LogP contribution in [0, 0.1) is 11.8 Å². The lowest BCUT2D eigenvalue weighted by molar-refractivity contribution is 0.263. The van der Waals surface area contributed by atoms with E-state index in [2.05, 4.69) is 0 Å². The van der Waals surface area contributed by atoms with Crippen LogP contribution in [-0.4, -0.2) is 49.1 Å². The Morgan fingerprint density at radius 3 is 2.26 bits per heavy atom. The molecule has 1 aliphatic heterocycles. The molecule has 2 rings (SSSR count). The molecule has 0 unspecified atom stereocenters. The van der Waals surface area contributed by atoms with Gasteiger partial charge in [0.2, 0.25) is 0 Å². The molecule has 1 saturated carbocycles. The van der Waals surface area contributed by atoms with Gasteiger partial charge in [-0.3, -0.25) is 0 Å². The SMILES string of the molecule is CCCN(CC1CC1)S(=O)(=O)N1CCC(CCl)CC1. The monoisotopic (exact) mass is 308 g/mol. The molecule has 1 saturated heterocycles. The molecule has 0 radical (unpaired) electrons. The predicted molar refractivity (Wildman–Crippen MR) is 78.5 cm³/mol. The van der Waals surface area contributed by atoms with Crippen molar-refractivity contribution in [3.63, 3.8) is 0 Å². The maximum atomic E-state index is 12.7. The molecule has 0 aromatic heterocycles. The summed E-state index contributed by atoms with van der Waals surface area (Å²) in [4.78, 5) is 0. The Balaban J connectivity index is 1.97. The summed E-state index contributed by atoms with van der Waals surface area (Å²) in [5.41, 5.74) is 0. The summed E-state index contributed by atoms with van der Waals surface area (Å²) >= 11 is 5.85. The smallest absolute Gasteiger partial charge is 0.195 e. The Morgan fingerprint density at radius 2 is 1.79 bits per heavy atom. The number of alkyl halides is 1. The highest BCUT2D eigenvalue weighted by atomic mass is 35.5. The van der Waals surface area contributed by atoms with E-state index in [4.69, 9.17) is 11.6 Å². The number of halogens is 1. The second-order valence-corrected chi connectivity index (χ2v) is 8.04. The van der Waals surface area contributed by atoms with Gasteiger partial charge in [0.25, 0.3) is 10.2 Å². The van der Waals surface area contributed by atoms with Crippen molar-refractivity contribution in [1.29, 1.82) is 0 Å². The van der Waals surface area contributed by atoms with Gasteiger partial charge in [-0.05, 0) is 43.9 Å². The summed E-state index contributed by atoms with van der Waals surface area (Å²) in [7, 11) is -3.25.